The van der Waals surface area contributed by atoms with E-state index in [1.165, 1.54) is 43.9 Å². The number of nitrogens with zero attached hydrogens (tertiary/aromatic N) is 3. The van der Waals surface area contributed by atoms with E-state index >= 15 is 0 Å². The van der Waals surface area contributed by atoms with Crippen LogP contribution < -0.4 is 15.4 Å². The molecule has 0 bridgehead atoms. The van der Waals surface area contributed by atoms with E-state index in [-0.39, 0.29) is 34.4 Å². The van der Waals surface area contributed by atoms with Crippen molar-refractivity contribution in [1.82, 2.24) is 20.3 Å². The minimum atomic E-state index is -0.938. The maximum Gasteiger partial charge on any atom is 0.256 e. The zero-order chi connectivity index (χ0) is 24.1. The number of amides is 1. The van der Waals surface area contributed by atoms with E-state index in [0.29, 0.717) is 10.7 Å². The highest BCUT2D eigenvalue weighted by atomic mass is 35.5. The molecule has 1 unspecified atom stereocenters. The average molecular weight is 486 g/mol. The smallest absolute Gasteiger partial charge is 0.256 e. The molecule has 0 saturated heterocycles. The van der Waals surface area contributed by atoms with Crippen molar-refractivity contribution in [1.29, 1.82) is 0 Å². The molecule has 2 heterocycles. The Morgan fingerprint density at radius 3 is 2.79 bits per heavy atom. The number of nitrogens with one attached hydrogen (secondary N) is 2. The molecule has 1 aromatic carbocycles. The fourth-order valence-corrected chi connectivity index (χ4v) is 4.17. The van der Waals surface area contributed by atoms with Gasteiger partial charge in [-0.15, -0.1) is 0 Å². The molecular formula is C24H25ClFN5O3. The van der Waals surface area contributed by atoms with Gasteiger partial charge in [-0.1, -0.05) is 30.9 Å². The number of halogens is 2. The van der Waals surface area contributed by atoms with Crippen LogP contribution in [0.4, 0.5) is 15.9 Å². The highest BCUT2D eigenvalue weighted by Crippen LogP contribution is 2.31. The van der Waals surface area contributed by atoms with Crippen LogP contribution in [0.3, 0.4) is 0 Å². The lowest BCUT2D eigenvalue weighted by molar-refractivity contribution is 0.0464. The number of benzene rings is 1. The van der Waals surface area contributed by atoms with Gasteiger partial charge >= 0.3 is 0 Å². The van der Waals surface area contributed by atoms with Gasteiger partial charge in [0.15, 0.2) is 17.4 Å². The summed E-state index contributed by atoms with van der Waals surface area (Å²) < 4.78 is 19.7. The summed E-state index contributed by atoms with van der Waals surface area (Å²) in [6.45, 7) is 0. The highest BCUT2D eigenvalue weighted by Gasteiger charge is 2.25. The second kappa shape index (κ2) is 10.8. The topological polar surface area (TPSA) is 109 Å². The van der Waals surface area contributed by atoms with Crippen molar-refractivity contribution in [2.45, 2.75) is 38.3 Å². The molecule has 3 N–H and O–H groups in total. The zero-order valence-electron chi connectivity index (χ0n) is 18.6. The van der Waals surface area contributed by atoms with Gasteiger partial charge in [-0.25, -0.2) is 14.4 Å². The number of aliphatic hydroxyl groups is 1. The third-order valence-electron chi connectivity index (χ3n) is 5.84. The van der Waals surface area contributed by atoms with E-state index in [0.717, 1.165) is 32.1 Å². The molecule has 0 spiro atoms. The van der Waals surface area contributed by atoms with E-state index < -0.39 is 18.0 Å². The second-order valence-electron chi connectivity index (χ2n) is 8.10. The SMILES string of the molecule is COc1cnc(-c2cc(Cl)ccc2F)nc1Nc1ccncc1C(=O)NC(O)C1CCCCC1. The molecule has 1 aliphatic rings. The first-order valence-corrected chi connectivity index (χ1v) is 11.4. The van der Waals surface area contributed by atoms with Crippen LogP contribution in [0.15, 0.2) is 42.9 Å². The predicted octanol–water partition coefficient (Wildman–Crippen LogP) is 4.71. The zero-order valence-corrected chi connectivity index (χ0v) is 19.3. The van der Waals surface area contributed by atoms with E-state index in [9.17, 15) is 14.3 Å². The number of ether oxygens (including phenoxy) is 1. The Morgan fingerprint density at radius 1 is 1.24 bits per heavy atom. The van der Waals surface area contributed by atoms with Crippen molar-refractivity contribution in [3.63, 3.8) is 0 Å². The van der Waals surface area contributed by atoms with Crippen LogP contribution in [-0.2, 0) is 0 Å². The number of pyridine rings is 1. The molecule has 2 aromatic heterocycles. The van der Waals surface area contributed by atoms with Crippen LogP contribution in [0.1, 0.15) is 42.5 Å². The lowest BCUT2D eigenvalue weighted by Gasteiger charge is -2.27. The third kappa shape index (κ3) is 5.43. The standard InChI is InChI=1S/C24H25ClFN5O3/c1-34-20-13-28-21(16-11-15(25)7-8-18(16)26)30-22(20)29-19-9-10-27-12-17(19)24(33)31-23(32)14-5-3-2-4-6-14/h7-14,23,32H,2-6H2,1H3,(H,31,33)(H,27,28,29,30). The highest BCUT2D eigenvalue weighted by molar-refractivity contribution is 6.30. The Morgan fingerprint density at radius 2 is 2.03 bits per heavy atom. The molecular weight excluding hydrogens is 461 g/mol. The minimum absolute atomic E-state index is 0.0305. The molecule has 1 fully saturated rings. The summed E-state index contributed by atoms with van der Waals surface area (Å²) in [4.78, 5) is 25.6. The first kappa shape index (κ1) is 23.8. The average Bonchev–Trinajstić information content (AvgIpc) is 2.86. The molecule has 1 atom stereocenters. The summed E-state index contributed by atoms with van der Waals surface area (Å²) >= 11 is 6.01. The normalized spacial score (nSPS) is 14.9. The minimum Gasteiger partial charge on any atom is -0.491 e. The summed E-state index contributed by atoms with van der Waals surface area (Å²) in [5.74, 6) is -0.362. The van der Waals surface area contributed by atoms with Gasteiger partial charge in [0, 0.05) is 23.3 Å². The Bertz CT molecular complexity index is 1170. The summed E-state index contributed by atoms with van der Waals surface area (Å²) in [5, 5.41) is 16.6. The van der Waals surface area contributed by atoms with Crippen LogP contribution in [-0.4, -0.2) is 39.3 Å². The molecule has 1 saturated carbocycles. The number of hydrogen-bond acceptors (Lipinski definition) is 7. The van der Waals surface area contributed by atoms with Gasteiger partial charge in [0.25, 0.3) is 5.91 Å². The summed E-state index contributed by atoms with van der Waals surface area (Å²) in [7, 11) is 1.45. The largest absolute Gasteiger partial charge is 0.491 e. The van der Waals surface area contributed by atoms with E-state index in [2.05, 4.69) is 25.6 Å². The van der Waals surface area contributed by atoms with Crippen molar-refractivity contribution in [3.8, 4) is 17.1 Å². The monoisotopic (exact) mass is 485 g/mol. The van der Waals surface area contributed by atoms with E-state index in [1.54, 1.807) is 6.07 Å². The van der Waals surface area contributed by atoms with Crippen LogP contribution in [0, 0.1) is 11.7 Å². The number of methoxy groups -OCH3 is 1. The Hall–Kier alpha value is -3.30. The van der Waals surface area contributed by atoms with Crippen molar-refractivity contribution in [3.05, 3.63) is 59.3 Å². The van der Waals surface area contributed by atoms with Gasteiger partial charge in [-0.05, 0) is 37.1 Å². The van der Waals surface area contributed by atoms with Gasteiger partial charge in [-0.3, -0.25) is 9.78 Å². The molecule has 34 heavy (non-hydrogen) atoms. The fourth-order valence-electron chi connectivity index (χ4n) is 4.00. The van der Waals surface area contributed by atoms with Gasteiger partial charge in [0.05, 0.1) is 30.1 Å². The molecule has 10 heteroatoms. The third-order valence-corrected chi connectivity index (χ3v) is 6.07. The quantitative estimate of drug-likeness (QED) is 0.416. The molecule has 4 rings (SSSR count). The lowest BCUT2D eigenvalue weighted by Crippen LogP contribution is -2.41. The molecule has 3 aromatic rings. The number of aliphatic hydroxyl groups excluding tert-OH is 1. The Kier molecular flexibility index (Phi) is 7.54. The number of hydrogen-bond donors (Lipinski definition) is 3. The van der Waals surface area contributed by atoms with Gasteiger partial charge < -0.3 is 20.5 Å². The van der Waals surface area contributed by atoms with Crippen molar-refractivity contribution < 1.29 is 19.0 Å². The first-order valence-electron chi connectivity index (χ1n) is 11.0. The van der Waals surface area contributed by atoms with Crippen LogP contribution >= 0.6 is 11.6 Å². The number of carbonyl (C=O) groups is 1. The Labute approximate surface area is 201 Å². The maximum absolute atomic E-state index is 14.4. The molecule has 178 valence electrons. The summed E-state index contributed by atoms with van der Waals surface area (Å²) in [5.41, 5.74) is 0.730. The van der Waals surface area contributed by atoms with Crippen molar-refractivity contribution in [2.75, 3.05) is 12.4 Å². The van der Waals surface area contributed by atoms with Gasteiger partial charge in [0.1, 0.15) is 12.0 Å². The van der Waals surface area contributed by atoms with Gasteiger partial charge in [0.2, 0.25) is 0 Å². The Balaban J connectivity index is 1.60. The van der Waals surface area contributed by atoms with Crippen molar-refractivity contribution in [2.24, 2.45) is 5.92 Å². The number of carbonyl (C=O) groups excluding carboxylic acids is 1. The van der Waals surface area contributed by atoms with Crippen molar-refractivity contribution >= 4 is 29.0 Å². The first-order chi connectivity index (χ1) is 16.5. The lowest BCUT2D eigenvalue weighted by atomic mass is 9.88. The van der Waals surface area contributed by atoms with Crippen LogP contribution in [0.5, 0.6) is 5.75 Å². The maximum atomic E-state index is 14.4. The number of anilines is 2. The molecule has 1 amide bonds. The molecule has 8 nitrogen and oxygen atoms in total. The van der Waals surface area contributed by atoms with Gasteiger partial charge in [-0.2, -0.15) is 0 Å². The van der Waals surface area contributed by atoms with E-state index in [4.69, 9.17) is 16.3 Å². The van der Waals surface area contributed by atoms with Crippen LogP contribution in [0.25, 0.3) is 11.4 Å². The molecule has 0 aliphatic heterocycles. The number of rotatable bonds is 7. The summed E-state index contributed by atoms with van der Waals surface area (Å²) in [6, 6.07) is 5.71. The fraction of sp³-hybridized carbons (Fsp3) is 0.333. The predicted molar refractivity (Wildman–Crippen MR) is 127 cm³/mol. The van der Waals surface area contributed by atoms with Crippen LogP contribution in [0.2, 0.25) is 5.02 Å². The number of aromatic nitrogens is 3. The summed E-state index contributed by atoms with van der Waals surface area (Å²) in [6.07, 6.45) is 8.36. The molecule has 0 radical (unpaired) electrons. The molecule has 1 aliphatic carbocycles. The van der Waals surface area contributed by atoms with E-state index in [1.807, 2.05) is 0 Å². The second-order valence-corrected chi connectivity index (χ2v) is 8.53.